The van der Waals surface area contributed by atoms with Gasteiger partial charge in [0.15, 0.2) is 6.29 Å². The van der Waals surface area contributed by atoms with Crippen LogP contribution in [-0.2, 0) is 9.47 Å². The lowest BCUT2D eigenvalue weighted by atomic mass is 10.1. The molecule has 1 aromatic heterocycles. The Kier molecular flexibility index (Phi) is 4.96. The van der Waals surface area contributed by atoms with Gasteiger partial charge in [0.1, 0.15) is 0 Å². The molecule has 1 heterocycles. The molecule has 19 heavy (non-hydrogen) atoms. The Balaban J connectivity index is 2.19. The first-order valence-corrected chi connectivity index (χ1v) is 6.66. The van der Waals surface area contributed by atoms with E-state index in [1.165, 1.54) is 0 Å². The summed E-state index contributed by atoms with van der Waals surface area (Å²) in [4.78, 5) is 0. The van der Waals surface area contributed by atoms with Crippen LogP contribution in [0.5, 0.6) is 0 Å². The van der Waals surface area contributed by atoms with Crippen molar-refractivity contribution in [1.82, 2.24) is 10.2 Å². The van der Waals surface area contributed by atoms with Crippen LogP contribution in [0.3, 0.4) is 0 Å². The van der Waals surface area contributed by atoms with Crippen molar-refractivity contribution in [2.24, 2.45) is 0 Å². The highest BCUT2D eigenvalue weighted by atomic mass is 35.5. The highest BCUT2D eigenvalue weighted by Gasteiger charge is 2.15. The van der Waals surface area contributed by atoms with Gasteiger partial charge < -0.3 is 9.47 Å². The van der Waals surface area contributed by atoms with Gasteiger partial charge in [0.05, 0.1) is 11.4 Å². The molecule has 0 spiro atoms. The van der Waals surface area contributed by atoms with E-state index in [0.29, 0.717) is 18.2 Å². The number of aromatic nitrogens is 2. The van der Waals surface area contributed by atoms with Gasteiger partial charge >= 0.3 is 0 Å². The quantitative estimate of drug-likeness (QED) is 0.819. The normalized spacial score (nSPS) is 11.2. The van der Waals surface area contributed by atoms with Crippen molar-refractivity contribution in [3.05, 3.63) is 41.0 Å². The maximum atomic E-state index is 5.87. The predicted octanol–water partition coefficient (Wildman–Crippen LogP) is 3.80. The van der Waals surface area contributed by atoms with Gasteiger partial charge in [-0.2, -0.15) is 5.10 Å². The van der Waals surface area contributed by atoms with Crippen molar-refractivity contribution in [3.63, 3.8) is 0 Å². The standard InChI is InChI=1S/C14H17ClN2O2/c1-3-18-14(19-4-2)13-9-12(16-17-13)10-5-7-11(15)8-6-10/h5-9,14H,3-4H2,1-2H3,(H,16,17). The Morgan fingerprint density at radius 3 is 2.37 bits per heavy atom. The molecule has 1 aromatic carbocycles. The first kappa shape index (κ1) is 14.1. The Morgan fingerprint density at radius 1 is 1.16 bits per heavy atom. The molecule has 0 amide bonds. The van der Waals surface area contributed by atoms with Crippen LogP contribution < -0.4 is 0 Å². The average molecular weight is 281 g/mol. The number of hydrogen-bond donors (Lipinski definition) is 1. The average Bonchev–Trinajstić information content (AvgIpc) is 2.89. The molecule has 0 saturated carbocycles. The van der Waals surface area contributed by atoms with E-state index in [1.807, 2.05) is 44.2 Å². The maximum Gasteiger partial charge on any atom is 0.200 e. The minimum absolute atomic E-state index is 0.399. The van der Waals surface area contributed by atoms with Crippen molar-refractivity contribution in [3.8, 4) is 11.3 Å². The van der Waals surface area contributed by atoms with Crippen LogP contribution in [0.2, 0.25) is 5.02 Å². The second-order valence-corrected chi connectivity index (χ2v) is 4.39. The van der Waals surface area contributed by atoms with Crippen LogP contribution >= 0.6 is 11.6 Å². The Morgan fingerprint density at radius 2 is 1.79 bits per heavy atom. The third-order valence-electron chi connectivity index (χ3n) is 2.63. The summed E-state index contributed by atoms with van der Waals surface area (Å²) in [7, 11) is 0. The van der Waals surface area contributed by atoms with Crippen LogP contribution in [0.4, 0.5) is 0 Å². The third-order valence-corrected chi connectivity index (χ3v) is 2.88. The molecule has 2 rings (SSSR count). The summed E-state index contributed by atoms with van der Waals surface area (Å²) in [6.45, 7) is 5.03. The molecule has 0 fully saturated rings. The van der Waals surface area contributed by atoms with E-state index in [4.69, 9.17) is 21.1 Å². The fourth-order valence-corrected chi connectivity index (χ4v) is 1.88. The highest BCUT2D eigenvalue weighted by Crippen LogP contribution is 2.24. The Bertz CT molecular complexity index is 504. The van der Waals surface area contributed by atoms with Gasteiger partial charge in [-0.05, 0) is 32.0 Å². The molecule has 0 aliphatic rings. The maximum absolute atomic E-state index is 5.87. The zero-order valence-corrected chi connectivity index (χ0v) is 11.8. The fraction of sp³-hybridized carbons (Fsp3) is 0.357. The van der Waals surface area contributed by atoms with Crippen molar-refractivity contribution in [2.45, 2.75) is 20.1 Å². The molecule has 0 saturated heterocycles. The molecule has 0 aliphatic carbocycles. The highest BCUT2D eigenvalue weighted by molar-refractivity contribution is 6.30. The minimum atomic E-state index is -0.399. The van der Waals surface area contributed by atoms with Crippen LogP contribution in [0.15, 0.2) is 30.3 Å². The van der Waals surface area contributed by atoms with E-state index in [-0.39, 0.29) is 0 Å². The molecule has 102 valence electrons. The minimum Gasteiger partial charge on any atom is -0.347 e. The van der Waals surface area contributed by atoms with Crippen molar-refractivity contribution in [2.75, 3.05) is 13.2 Å². The predicted molar refractivity (Wildman–Crippen MR) is 75.0 cm³/mol. The first-order chi connectivity index (χ1) is 9.24. The molecular weight excluding hydrogens is 264 g/mol. The van der Waals surface area contributed by atoms with E-state index in [2.05, 4.69) is 10.2 Å². The Labute approximate surface area is 117 Å². The molecule has 2 aromatic rings. The summed E-state index contributed by atoms with van der Waals surface area (Å²) < 4.78 is 11.0. The molecule has 1 N–H and O–H groups in total. The number of benzene rings is 1. The molecule has 0 radical (unpaired) electrons. The summed E-state index contributed by atoms with van der Waals surface area (Å²) in [6.07, 6.45) is -0.399. The molecule has 5 heteroatoms. The van der Waals surface area contributed by atoms with Crippen molar-refractivity contribution < 1.29 is 9.47 Å². The van der Waals surface area contributed by atoms with E-state index >= 15 is 0 Å². The first-order valence-electron chi connectivity index (χ1n) is 6.29. The molecule has 0 unspecified atom stereocenters. The second-order valence-electron chi connectivity index (χ2n) is 3.96. The van der Waals surface area contributed by atoms with Gasteiger partial charge in [-0.25, -0.2) is 0 Å². The zero-order valence-electron chi connectivity index (χ0n) is 11.0. The molecular formula is C14H17ClN2O2. The Hall–Kier alpha value is -1.36. The van der Waals surface area contributed by atoms with Crippen LogP contribution in [0.25, 0.3) is 11.3 Å². The summed E-state index contributed by atoms with van der Waals surface area (Å²) in [5, 5.41) is 7.94. The number of nitrogens with zero attached hydrogens (tertiary/aromatic N) is 1. The van der Waals surface area contributed by atoms with Crippen molar-refractivity contribution >= 4 is 11.6 Å². The molecule has 0 aliphatic heterocycles. The van der Waals surface area contributed by atoms with E-state index in [1.54, 1.807) is 0 Å². The molecule has 0 bridgehead atoms. The number of ether oxygens (including phenoxy) is 2. The lowest BCUT2D eigenvalue weighted by molar-refractivity contribution is -0.142. The van der Waals surface area contributed by atoms with E-state index in [0.717, 1.165) is 17.0 Å². The third kappa shape index (κ3) is 3.56. The number of halogens is 1. The lowest BCUT2D eigenvalue weighted by Gasteiger charge is -2.14. The van der Waals surface area contributed by atoms with Gasteiger partial charge in [0.25, 0.3) is 0 Å². The summed E-state index contributed by atoms with van der Waals surface area (Å²) >= 11 is 5.87. The van der Waals surface area contributed by atoms with E-state index in [9.17, 15) is 0 Å². The van der Waals surface area contributed by atoms with E-state index < -0.39 is 6.29 Å². The van der Waals surface area contributed by atoms with Gasteiger partial charge in [-0.15, -0.1) is 0 Å². The number of hydrogen-bond acceptors (Lipinski definition) is 3. The largest absolute Gasteiger partial charge is 0.347 e. The topological polar surface area (TPSA) is 47.1 Å². The van der Waals surface area contributed by atoms with Gasteiger partial charge in [-0.3, -0.25) is 5.10 Å². The summed E-state index contributed by atoms with van der Waals surface area (Å²) in [5.41, 5.74) is 2.66. The monoisotopic (exact) mass is 280 g/mol. The lowest BCUT2D eigenvalue weighted by Crippen LogP contribution is -2.09. The van der Waals surface area contributed by atoms with Gasteiger partial charge in [0, 0.05) is 23.8 Å². The second kappa shape index (κ2) is 6.70. The van der Waals surface area contributed by atoms with Gasteiger partial charge in [-0.1, -0.05) is 23.7 Å². The molecule has 0 atom stereocenters. The zero-order chi connectivity index (χ0) is 13.7. The summed E-state index contributed by atoms with van der Waals surface area (Å²) in [6, 6.07) is 9.47. The number of H-pyrrole nitrogens is 1. The van der Waals surface area contributed by atoms with Crippen LogP contribution in [-0.4, -0.2) is 23.4 Å². The number of nitrogens with one attached hydrogen (secondary N) is 1. The number of aromatic amines is 1. The van der Waals surface area contributed by atoms with Crippen LogP contribution in [0.1, 0.15) is 25.8 Å². The van der Waals surface area contributed by atoms with Crippen molar-refractivity contribution in [1.29, 1.82) is 0 Å². The summed E-state index contributed by atoms with van der Waals surface area (Å²) in [5.74, 6) is 0. The molecule has 4 nitrogen and oxygen atoms in total. The van der Waals surface area contributed by atoms with Crippen LogP contribution in [0, 0.1) is 0 Å². The van der Waals surface area contributed by atoms with Gasteiger partial charge in [0.2, 0.25) is 0 Å². The smallest absolute Gasteiger partial charge is 0.200 e. The fourth-order valence-electron chi connectivity index (χ4n) is 1.76. The SMILES string of the molecule is CCOC(OCC)c1cc(-c2ccc(Cl)cc2)n[nH]1. The number of rotatable bonds is 6.